The van der Waals surface area contributed by atoms with Gasteiger partial charge in [0.2, 0.25) is 0 Å². The first-order chi connectivity index (χ1) is 1.00. The quantitative estimate of drug-likeness (QED) is 0.512. The Morgan fingerprint density at radius 1 is 0.800 bits per heavy atom. The van der Waals surface area contributed by atoms with Gasteiger partial charge in [0.25, 0.3) is 0 Å². The molecule has 0 atom stereocenters. The molecule has 0 saturated carbocycles. The monoisotopic (exact) mass is 180 g/mol. The van der Waals surface area contributed by atoms with Crippen molar-refractivity contribution in [1.29, 1.82) is 0 Å². The summed E-state index contributed by atoms with van der Waals surface area (Å²) in [5.74, 6) is 0. The maximum atomic E-state index is 8.00. The first-order valence-corrected chi connectivity index (χ1v) is 0.595. The minimum atomic E-state index is 0. The van der Waals surface area contributed by atoms with Crippen LogP contribution in [0.3, 0.4) is 0 Å². The van der Waals surface area contributed by atoms with Crippen molar-refractivity contribution in [1.82, 2.24) is 0 Å². The van der Waals surface area contributed by atoms with Gasteiger partial charge in [0.05, 0.1) is 0 Å². The predicted octanol–water partition coefficient (Wildman–Crippen LogP) is 1.14. The zero-order chi connectivity index (χ0) is 2.00. The Bertz CT molecular complexity index is 6.85. The Balaban J connectivity index is -0.00000000167. The van der Waals surface area contributed by atoms with Gasteiger partial charge in [-0.3, -0.25) is 0 Å². The summed E-state index contributed by atoms with van der Waals surface area (Å²) >= 11 is 2.00. The summed E-state index contributed by atoms with van der Waals surface area (Å²) in [5.41, 5.74) is 0. The molecule has 38 valence electrons. The van der Waals surface area contributed by atoms with Gasteiger partial charge >= 0.3 is 19.8 Å². The Hall–Kier alpha value is 1.19. The molecular formula is H3Cl3FeO. The minimum absolute atomic E-state index is 0. The van der Waals surface area contributed by atoms with Gasteiger partial charge in [0.15, 0.2) is 0 Å². The molecule has 0 fully saturated rings. The first-order valence-electron chi connectivity index (χ1n) is 0.144. The van der Waals surface area contributed by atoms with Gasteiger partial charge < -0.3 is 0 Å². The van der Waals surface area contributed by atoms with E-state index in [0.717, 1.165) is 0 Å². The van der Waals surface area contributed by atoms with Gasteiger partial charge in [-0.2, -0.15) is 0 Å². The van der Waals surface area contributed by atoms with Gasteiger partial charge in [-0.1, -0.05) is 0 Å². The molecule has 0 aromatic carbocycles. The second-order valence-corrected chi connectivity index (χ2v) is 0. The standard InChI is InChI=1S/3ClH.Fe.O/h3*1H;;. The Morgan fingerprint density at radius 2 is 0.800 bits per heavy atom. The van der Waals surface area contributed by atoms with Crippen LogP contribution in [0, 0.1) is 0 Å². The van der Waals surface area contributed by atoms with E-state index in [-0.39, 0.29) is 37.2 Å². The average Bonchev–Trinajstić information content (AvgIpc) is 1.00. The van der Waals surface area contributed by atoms with E-state index >= 15 is 0 Å². The predicted molar refractivity (Wildman–Crippen MR) is 22.4 cm³/mol. The van der Waals surface area contributed by atoms with E-state index in [2.05, 4.69) is 0 Å². The van der Waals surface area contributed by atoms with Crippen molar-refractivity contribution < 1.29 is 19.8 Å². The molecule has 0 spiro atoms. The molecule has 5 heteroatoms. The maximum absolute atomic E-state index is 8.00. The van der Waals surface area contributed by atoms with E-state index in [1.54, 1.807) is 0 Å². The SMILES string of the molecule is Cl.Cl.Cl.[O]=[Fe]. The summed E-state index contributed by atoms with van der Waals surface area (Å²) in [7, 11) is 0. The molecule has 0 amide bonds. The molecule has 0 unspecified atom stereocenters. The van der Waals surface area contributed by atoms with Gasteiger partial charge in [-0.15, -0.1) is 37.2 Å². The van der Waals surface area contributed by atoms with E-state index in [9.17, 15) is 0 Å². The van der Waals surface area contributed by atoms with Crippen LogP contribution in [0.4, 0.5) is 0 Å². The third-order valence-electron chi connectivity index (χ3n) is 0. The molecule has 0 N–H and O–H groups in total. The second kappa shape index (κ2) is 64.4. The molecule has 0 bridgehead atoms. The summed E-state index contributed by atoms with van der Waals surface area (Å²) in [5, 5.41) is 0. The van der Waals surface area contributed by atoms with Crippen molar-refractivity contribution in [3.8, 4) is 0 Å². The average molecular weight is 181 g/mol. The summed E-state index contributed by atoms with van der Waals surface area (Å²) in [6.45, 7) is 0. The van der Waals surface area contributed by atoms with Crippen molar-refractivity contribution in [3.63, 3.8) is 0 Å². The van der Waals surface area contributed by atoms with Crippen LogP contribution in [0.2, 0.25) is 0 Å². The van der Waals surface area contributed by atoms with Crippen molar-refractivity contribution in [3.05, 3.63) is 0 Å². The molecule has 5 heavy (non-hydrogen) atoms. The van der Waals surface area contributed by atoms with Crippen molar-refractivity contribution in [2.75, 3.05) is 0 Å². The fourth-order valence-corrected chi connectivity index (χ4v) is 0. The summed E-state index contributed by atoms with van der Waals surface area (Å²) < 4.78 is 8.00. The molecule has 0 aliphatic rings. The van der Waals surface area contributed by atoms with E-state index in [0.29, 0.717) is 0 Å². The van der Waals surface area contributed by atoms with Crippen LogP contribution in [0.1, 0.15) is 0 Å². The topological polar surface area (TPSA) is 17.1 Å². The molecule has 0 aromatic rings. The van der Waals surface area contributed by atoms with Gasteiger partial charge in [-0.05, 0) is 0 Å². The van der Waals surface area contributed by atoms with Crippen LogP contribution in [0.5, 0.6) is 0 Å². The molecule has 0 saturated heterocycles. The third-order valence-corrected chi connectivity index (χ3v) is 0. The molecular weight excluding hydrogens is 178 g/mol. The van der Waals surface area contributed by atoms with E-state index in [1.165, 1.54) is 0 Å². The van der Waals surface area contributed by atoms with Crippen molar-refractivity contribution >= 4 is 37.2 Å². The van der Waals surface area contributed by atoms with E-state index in [1.807, 2.05) is 15.9 Å². The third kappa shape index (κ3) is 37.3. The van der Waals surface area contributed by atoms with E-state index < -0.39 is 0 Å². The van der Waals surface area contributed by atoms with Crippen LogP contribution >= 0.6 is 37.2 Å². The van der Waals surface area contributed by atoms with Gasteiger partial charge in [-0.25, -0.2) is 0 Å². The van der Waals surface area contributed by atoms with Crippen molar-refractivity contribution in [2.45, 2.75) is 0 Å². The molecule has 0 rings (SSSR count). The number of halogens is 3. The number of rotatable bonds is 0. The number of hydrogen-bond donors (Lipinski definition) is 0. The zero-order valence-corrected chi connectivity index (χ0v) is 5.54. The Morgan fingerprint density at radius 3 is 0.800 bits per heavy atom. The van der Waals surface area contributed by atoms with Crippen LogP contribution < -0.4 is 0 Å². The van der Waals surface area contributed by atoms with Crippen LogP contribution in [0.15, 0.2) is 0 Å². The van der Waals surface area contributed by atoms with Crippen LogP contribution in [-0.4, -0.2) is 0 Å². The molecule has 0 aliphatic heterocycles. The van der Waals surface area contributed by atoms with E-state index in [4.69, 9.17) is 3.83 Å². The summed E-state index contributed by atoms with van der Waals surface area (Å²) in [6, 6.07) is 0. The molecule has 0 radical (unpaired) electrons. The normalized spacial score (nSPS) is 1.00. The zero-order valence-electron chi connectivity index (χ0n) is 1.99. The van der Waals surface area contributed by atoms with Gasteiger partial charge in [0, 0.05) is 0 Å². The van der Waals surface area contributed by atoms with Crippen LogP contribution in [0.25, 0.3) is 0 Å². The molecule has 0 aromatic heterocycles. The fourth-order valence-electron chi connectivity index (χ4n) is 0. The summed E-state index contributed by atoms with van der Waals surface area (Å²) in [6.07, 6.45) is 0. The first kappa shape index (κ1) is 34.8. The van der Waals surface area contributed by atoms with Crippen LogP contribution in [-0.2, 0) is 19.8 Å². The second-order valence-electron chi connectivity index (χ2n) is 0. The number of hydrogen-bond acceptors (Lipinski definition) is 1. The Labute approximate surface area is 57.1 Å². The van der Waals surface area contributed by atoms with Crippen molar-refractivity contribution in [2.24, 2.45) is 0 Å². The Kier molecular flexibility index (Phi) is 448. The molecule has 0 heterocycles. The molecule has 0 aliphatic carbocycles. The summed E-state index contributed by atoms with van der Waals surface area (Å²) in [4.78, 5) is 0. The fraction of sp³-hybridized carbons (Fsp3) is 0. The molecule has 1 nitrogen and oxygen atoms in total. The van der Waals surface area contributed by atoms with Gasteiger partial charge in [0.1, 0.15) is 0 Å².